The molecule has 0 aliphatic carbocycles. The summed E-state index contributed by atoms with van der Waals surface area (Å²) in [5.74, 6) is 5.99. The van der Waals surface area contributed by atoms with Gasteiger partial charge in [0.05, 0.1) is 79.5 Å². The summed E-state index contributed by atoms with van der Waals surface area (Å²) in [5.41, 5.74) is 3.01. The fourth-order valence-corrected chi connectivity index (χ4v) is 8.41. The van der Waals surface area contributed by atoms with Crippen LogP contribution in [0.15, 0.2) is 66.4 Å². The molecule has 4 unspecified atom stereocenters. The summed E-state index contributed by atoms with van der Waals surface area (Å²) in [7, 11) is 9.63. The van der Waals surface area contributed by atoms with Crippen LogP contribution in [0.25, 0.3) is 0 Å². The van der Waals surface area contributed by atoms with Crippen LogP contribution in [0.3, 0.4) is 0 Å². The lowest BCUT2D eigenvalue weighted by Gasteiger charge is -2.35. The minimum atomic E-state index is -0.616. The Morgan fingerprint density at radius 3 is 1.46 bits per heavy atom. The molecule has 3 aromatic carbocycles. The Bertz CT molecular complexity index is 2000. The Hall–Kier alpha value is -5.18. The summed E-state index contributed by atoms with van der Waals surface area (Å²) >= 11 is 0. The third-order valence-electron chi connectivity index (χ3n) is 11.8. The lowest BCUT2D eigenvalue weighted by molar-refractivity contribution is -0.134. The smallest absolute Gasteiger partial charge is 0.247 e. The fraction of sp³-hybridized carbons (Fsp3) is 0.569. The van der Waals surface area contributed by atoms with Crippen molar-refractivity contribution in [1.29, 1.82) is 0 Å². The van der Waals surface area contributed by atoms with Gasteiger partial charge in [0.25, 0.3) is 0 Å². The molecule has 2 saturated heterocycles. The van der Waals surface area contributed by atoms with E-state index in [9.17, 15) is 19.8 Å². The Balaban J connectivity index is 0.000000213. The van der Waals surface area contributed by atoms with Crippen molar-refractivity contribution in [2.75, 3.05) is 55.8 Å². The molecule has 0 radical (unpaired) electrons. The molecule has 2 fully saturated rings. The van der Waals surface area contributed by atoms with Crippen LogP contribution in [-0.4, -0.2) is 90.0 Å². The molecule has 0 bridgehead atoms. The van der Waals surface area contributed by atoms with Crippen LogP contribution in [0, 0.1) is 29.6 Å². The van der Waals surface area contributed by atoms with Gasteiger partial charge in [0, 0.05) is 25.1 Å². The largest absolute Gasteiger partial charge is 0.497 e. The van der Waals surface area contributed by atoms with E-state index in [1.54, 1.807) is 42.7 Å². The predicted octanol–water partition coefficient (Wildman–Crippen LogP) is 7.87. The quantitative estimate of drug-likeness (QED) is 0.0943. The normalized spacial score (nSPS) is 22.8. The average Bonchev–Trinajstić information content (AvgIpc) is 3.29. The van der Waals surface area contributed by atoms with Crippen molar-refractivity contribution in [3.8, 4) is 34.5 Å². The minimum Gasteiger partial charge on any atom is -0.497 e. The zero-order valence-electron chi connectivity index (χ0n) is 40.6. The zero-order valence-corrected chi connectivity index (χ0v) is 40.6. The molecule has 3 aromatic rings. The first kappa shape index (κ1) is 52.4. The van der Waals surface area contributed by atoms with Gasteiger partial charge in [0.2, 0.25) is 11.8 Å². The van der Waals surface area contributed by atoms with Crippen molar-refractivity contribution in [2.24, 2.45) is 29.6 Å². The number of amides is 2. The number of aliphatic hydroxyl groups excluding tert-OH is 2. The molecule has 0 saturated carbocycles. The van der Waals surface area contributed by atoms with Crippen molar-refractivity contribution in [3.05, 3.63) is 83.1 Å². The van der Waals surface area contributed by atoms with E-state index in [0.29, 0.717) is 72.5 Å². The Kier molecular flexibility index (Phi) is 20.6. The number of benzene rings is 3. The van der Waals surface area contributed by atoms with Gasteiger partial charge in [-0.2, -0.15) is 0 Å². The SMILES string of the molecule is COc1ccc(C2CC(O)C(CC(C)C)C(=O)N2)cc1OC.COc1ccc(C2CC(OCC(C)C)=CC(=O)N2)cc1OC.COc1ccc([C@@H]2C[C@H](O)[C@@H](CC(C)C)CN2)cc1OC. The van der Waals surface area contributed by atoms with E-state index in [0.717, 1.165) is 53.3 Å². The van der Waals surface area contributed by atoms with Gasteiger partial charge in [0.15, 0.2) is 34.5 Å². The van der Waals surface area contributed by atoms with Crippen molar-refractivity contribution >= 4 is 11.8 Å². The molecular weight excluding hydrogens is 831 g/mol. The van der Waals surface area contributed by atoms with Gasteiger partial charge in [-0.05, 0) is 102 Å². The van der Waals surface area contributed by atoms with Gasteiger partial charge >= 0.3 is 0 Å². The Labute approximate surface area is 386 Å². The fourth-order valence-electron chi connectivity index (χ4n) is 8.41. The maximum absolute atomic E-state index is 12.3. The number of methoxy groups -OCH3 is 6. The highest BCUT2D eigenvalue weighted by Gasteiger charge is 2.36. The second-order valence-corrected chi connectivity index (χ2v) is 18.2. The van der Waals surface area contributed by atoms with Crippen molar-refractivity contribution in [1.82, 2.24) is 16.0 Å². The summed E-state index contributed by atoms with van der Waals surface area (Å²) in [6, 6.07) is 17.0. The van der Waals surface area contributed by atoms with Crippen LogP contribution in [0.2, 0.25) is 0 Å². The number of hydrogen-bond acceptors (Lipinski definition) is 12. The van der Waals surface area contributed by atoms with Gasteiger partial charge in [-0.3, -0.25) is 9.59 Å². The highest BCUT2D eigenvalue weighted by atomic mass is 16.5. The lowest BCUT2D eigenvalue weighted by atomic mass is 9.83. The van der Waals surface area contributed by atoms with E-state index >= 15 is 0 Å². The molecule has 6 rings (SSSR count). The molecule has 14 heteroatoms. The maximum atomic E-state index is 12.3. The summed E-state index contributed by atoms with van der Waals surface area (Å²) in [4.78, 5) is 24.1. The number of piperidine rings is 2. The van der Waals surface area contributed by atoms with Crippen molar-refractivity contribution in [2.45, 2.75) is 104 Å². The molecule has 3 heterocycles. The number of carbonyl (C=O) groups is 2. The van der Waals surface area contributed by atoms with Crippen LogP contribution >= 0.6 is 0 Å². The highest BCUT2D eigenvalue weighted by Crippen LogP contribution is 2.37. The van der Waals surface area contributed by atoms with Gasteiger partial charge in [-0.1, -0.05) is 59.7 Å². The number of hydrogen-bond donors (Lipinski definition) is 5. The van der Waals surface area contributed by atoms with E-state index in [4.69, 9.17) is 33.2 Å². The molecule has 3 aliphatic rings. The van der Waals surface area contributed by atoms with Crippen LogP contribution < -0.4 is 44.4 Å². The van der Waals surface area contributed by atoms with E-state index in [2.05, 4.69) is 57.5 Å². The number of aliphatic hydroxyl groups is 2. The minimum absolute atomic E-state index is 0.0766. The van der Waals surface area contributed by atoms with Crippen molar-refractivity contribution < 1.29 is 53.0 Å². The molecule has 3 aliphatic heterocycles. The van der Waals surface area contributed by atoms with Gasteiger partial charge in [-0.15, -0.1) is 0 Å². The Morgan fingerprint density at radius 1 is 0.569 bits per heavy atom. The number of rotatable bonds is 16. The standard InChI is InChI=1S/C17H23NO4.C17H25NO4.C17H27NO3/c1-11(2)10-22-13-8-14(18-17(19)9-13)12-5-6-15(20-3)16(7-12)21-4;1-10(2)7-12-14(19)9-13(18-17(12)20)11-5-6-15(21-3)16(8-11)22-4;1-11(2)7-13-10-18-14(9-15(13)19)12-5-6-16(20-3)17(8-12)21-4/h5-7,9,11,14H,8,10H2,1-4H3,(H,18,19);5-6,8,10,12-14,19H,7,9H2,1-4H3,(H,18,20);5-6,8,11,13-15,18-19H,7,9-10H2,1-4H3/t;;13-,14-,15-/m..0/s1. The second kappa shape index (κ2) is 25.5. The zero-order chi connectivity index (χ0) is 47.8. The number of ether oxygens (including phenoxy) is 7. The molecule has 5 N–H and O–H groups in total. The highest BCUT2D eigenvalue weighted by molar-refractivity contribution is 5.89. The molecule has 65 heavy (non-hydrogen) atoms. The first-order valence-electron chi connectivity index (χ1n) is 22.7. The number of nitrogens with one attached hydrogen (secondary N) is 3. The monoisotopic (exact) mass is 906 g/mol. The third-order valence-corrected chi connectivity index (χ3v) is 11.8. The molecule has 0 aromatic heterocycles. The summed E-state index contributed by atoms with van der Waals surface area (Å²) in [6.07, 6.45) is 4.32. The third kappa shape index (κ3) is 15.2. The molecule has 2 amide bonds. The van der Waals surface area contributed by atoms with Gasteiger partial charge in [-0.25, -0.2) is 0 Å². The van der Waals surface area contributed by atoms with Crippen LogP contribution in [-0.2, 0) is 14.3 Å². The molecule has 7 atom stereocenters. The first-order valence-corrected chi connectivity index (χ1v) is 22.7. The topological polar surface area (TPSA) is 175 Å². The summed E-state index contributed by atoms with van der Waals surface area (Å²) in [6.45, 7) is 14.1. The molecule has 14 nitrogen and oxygen atoms in total. The maximum Gasteiger partial charge on any atom is 0.247 e. The van der Waals surface area contributed by atoms with Crippen molar-refractivity contribution in [3.63, 3.8) is 0 Å². The van der Waals surface area contributed by atoms with Gasteiger partial charge < -0.3 is 59.3 Å². The molecule has 0 spiro atoms. The molecule has 360 valence electrons. The average molecular weight is 906 g/mol. The van der Waals surface area contributed by atoms with E-state index < -0.39 is 6.10 Å². The van der Waals surface area contributed by atoms with E-state index in [-0.39, 0.29) is 42.0 Å². The van der Waals surface area contributed by atoms with Crippen LogP contribution in [0.1, 0.15) is 108 Å². The van der Waals surface area contributed by atoms with Crippen LogP contribution in [0.5, 0.6) is 34.5 Å². The lowest BCUT2D eigenvalue weighted by Crippen LogP contribution is -2.47. The first-order chi connectivity index (χ1) is 31.0. The molecular formula is C51H75N3O11. The summed E-state index contributed by atoms with van der Waals surface area (Å²) in [5, 5.41) is 30.2. The van der Waals surface area contributed by atoms with E-state index in [1.165, 1.54) is 6.08 Å². The Morgan fingerprint density at radius 2 is 1.03 bits per heavy atom. The second-order valence-electron chi connectivity index (χ2n) is 18.2. The van der Waals surface area contributed by atoms with Gasteiger partial charge in [0.1, 0.15) is 5.76 Å². The number of carbonyl (C=O) groups excluding carboxylic acids is 2. The van der Waals surface area contributed by atoms with Crippen LogP contribution in [0.4, 0.5) is 0 Å². The summed E-state index contributed by atoms with van der Waals surface area (Å²) < 4.78 is 37.4. The predicted molar refractivity (Wildman–Crippen MR) is 252 cm³/mol. The van der Waals surface area contributed by atoms with E-state index in [1.807, 2.05) is 54.6 Å².